The van der Waals surface area contributed by atoms with Crippen LogP contribution in [0.3, 0.4) is 0 Å². The molecule has 2 amide bonds. The van der Waals surface area contributed by atoms with E-state index in [1.165, 1.54) is 17.8 Å². The van der Waals surface area contributed by atoms with Gasteiger partial charge in [0.05, 0.1) is 15.6 Å². The minimum atomic E-state index is -0.979. The van der Waals surface area contributed by atoms with Crippen molar-refractivity contribution in [3.8, 4) is 0 Å². The third-order valence-electron chi connectivity index (χ3n) is 6.58. The second-order valence-electron chi connectivity index (χ2n) is 9.04. The van der Waals surface area contributed by atoms with Gasteiger partial charge in [-0.15, -0.1) is 11.8 Å². The van der Waals surface area contributed by atoms with Crippen molar-refractivity contribution >= 4 is 69.7 Å². The zero-order valence-corrected chi connectivity index (χ0v) is 23.1. The van der Waals surface area contributed by atoms with Crippen LogP contribution >= 0.6 is 35.0 Å². The summed E-state index contributed by atoms with van der Waals surface area (Å²) in [5, 5.41) is 14.4. The van der Waals surface area contributed by atoms with Crippen molar-refractivity contribution in [3.05, 3.63) is 75.9 Å². The predicted octanol–water partition coefficient (Wildman–Crippen LogP) is 5.30. The highest BCUT2D eigenvalue weighted by atomic mass is 35.5. The third kappa shape index (κ3) is 6.67. The first-order valence-electron chi connectivity index (χ1n) is 12.2. The largest absolute Gasteiger partial charge is 0.504 e. The summed E-state index contributed by atoms with van der Waals surface area (Å²) in [4.78, 5) is 42.5. The van der Waals surface area contributed by atoms with Crippen LogP contribution in [0.1, 0.15) is 24.1 Å². The lowest BCUT2D eigenvalue weighted by Gasteiger charge is -2.31. The number of halogens is 2. The molecule has 0 radical (unpaired) electrons. The number of aliphatic carboxylic acids is 1. The van der Waals surface area contributed by atoms with Gasteiger partial charge >= 0.3 is 5.97 Å². The maximum Gasteiger partial charge on any atom is 0.504 e. The standard InChI is InChI=1S/C28H27Cl2N3O4S/c1-38-23-10-7-18(25(29)26(23)30)8-11-24(34)33-14-12-19(13-15-33)27(35)32-22(28(36)37)16-20-9-6-17-4-2-3-5-21(17)31-20/h2-11,19,22H,12-16H2,1H3,(H,32,35)(H,36,37)/p+1/b11-8+/t22-/m0/s1. The molecular weight excluding hydrogens is 545 g/mol. The summed E-state index contributed by atoms with van der Waals surface area (Å²) in [7, 11) is 0. The number of piperidine rings is 1. The van der Waals surface area contributed by atoms with Crippen molar-refractivity contribution < 1.29 is 19.5 Å². The lowest BCUT2D eigenvalue weighted by atomic mass is 9.95. The molecule has 38 heavy (non-hydrogen) atoms. The van der Waals surface area contributed by atoms with E-state index >= 15 is 0 Å². The summed E-state index contributed by atoms with van der Waals surface area (Å²) in [6.07, 6.45) is 6.09. The van der Waals surface area contributed by atoms with Gasteiger partial charge in [0, 0.05) is 47.5 Å². The number of aromatic nitrogens is 1. The van der Waals surface area contributed by atoms with E-state index in [0.717, 1.165) is 15.8 Å². The number of nitrogens with one attached hydrogen (secondary N) is 1. The summed E-state index contributed by atoms with van der Waals surface area (Å²) < 4.78 is 0. The lowest BCUT2D eigenvalue weighted by molar-refractivity contribution is -0.132. The average Bonchev–Trinajstić information content (AvgIpc) is 2.93. The van der Waals surface area contributed by atoms with Crippen LogP contribution < -0.4 is 5.32 Å². The van der Waals surface area contributed by atoms with Crippen molar-refractivity contribution in [1.82, 2.24) is 15.2 Å². The molecule has 0 bridgehead atoms. The Morgan fingerprint density at radius 3 is 2.61 bits per heavy atom. The maximum atomic E-state index is 12.9. The van der Waals surface area contributed by atoms with Crippen LogP contribution in [-0.4, -0.2) is 63.0 Å². The highest BCUT2D eigenvalue weighted by Crippen LogP contribution is 2.35. The van der Waals surface area contributed by atoms with Crippen molar-refractivity contribution in [2.45, 2.75) is 30.2 Å². The number of amides is 2. The molecule has 1 aromatic heterocycles. The third-order valence-corrected chi connectivity index (χ3v) is 8.37. The van der Waals surface area contributed by atoms with Crippen LogP contribution in [0.15, 0.2) is 59.5 Å². The Hall–Kier alpha value is -3.07. The van der Waals surface area contributed by atoms with Gasteiger partial charge in [-0.25, -0.2) is 0 Å². The Morgan fingerprint density at radius 1 is 1.16 bits per heavy atom. The van der Waals surface area contributed by atoms with Crippen LogP contribution in [0.5, 0.6) is 0 Å². The van der Waals surface area contributed by atoms with Gasteiger partial charge in [0.25, 0.3) is 0 Å². The highest BCUT2D eigenvalue weighted by molar-refractivity contribution is 7.98. The molecular formula is C28H28Cl2N3O4S+. The molecule has 0 saturated carbocycles. The van der Waals surface area contributed by atoms with E-state index in [-0.39, 0.29) is 24.2 Å². The fraction of sp³-hybridized carbons (Fsp3) is 0.286. The number of carboxylic acid groups (broad SMARTS) is 1. The Bertz CT molecular complexity index is 1390. The van der Waals surface area contributed by atoms with E-state index in [1.54, 1.807) is 17.0 Å². The zero-order valence-electron chi connectivity index (χ0n) is 20.7. The highest BCUT2D eigenvalue weighted by Gasteiger charge is 2.32. The zero-order chi connectivity index (χ0) is 27.2. The molecule has 3 aromatic rings. The van der Waals surface area contributed by atoms with Crippen LogP contribution in [0.25, 0.3) is 17.0 Å². The van der Waals surface area contributed by atoms with Crippen LogP contribution in [0.4, 0.5) is 0 Å². The molecule has 10 heteroatoms. The Balaban J connectivity index is 1.31. The van der Waals surface area contributed by atoms with Crippen molar-refractivity contribution in [2.24, 2.45) is 5.92 Å². The van der Waals surface area contributed by atoms with E-state index in [2.05, 4.69) is 10.3 Å². The normalized spacial score (nSPS) is 15.1. The number of para-hydroxylation sites is 1. The number of fused-ring (bicyclic) bond motifs is 1. The number of benzene rings is 2. The molecule has 0 spiro atoms. The van der Waals surface area contributed by atoms with Crippen LogP contribution in [0.2, 0.25) is 10.0 Å². The summed E-state index contributed by atoms with van der Waals surface area (Å²) in [5.74, 6) is -1.67. The smallest absolute Gasteiger partial charge is 0.339 e. The number of carbonyl (C=O) groups is 2. The number of hydrogen-bond donors (Lipinski definition) is 2. The Labute approximate surface area is 235 Å². The molecule has 1 aliphatic heterocycles. The monoisotopic (exact) mass is 572 g/mol. The lowest BCUT2D eigenvalue weighted by Crippen LogP contribution is -2.48. The number of hydrogen-bond acceptors (Lipinski definition) is 4. The topological polar surface area (TPSA) is 104 Å². The molecule has 1 saturated heterocycles. The Morgan fingerprint density at radius 2 is 1.89 bits per heavy atom. The minimum absolute atomic E-state index is 0.144. The molecule has 2 heterocycles. The number of pyridine rings is 1. The van der Waals surface area contributed by atoms with E-state index in [0.29, 0.717) is 47.2 Å². The van der Waals surface area contributed by atoms with Crippen molar-refractivity contribution in [3.63, 3.8) is 0 Å². The summed E-state index contributed by atoms with van der Waals surface area (Å²) in [6.45, 7) is 0.819. The fourth-order valence-corrected chi connectivity index (χ4v) is 5.56. The first kappa shape index (κ1) is 28.0. The molecule has 3 N–H and O–H groups in total. The van der Waals surface area contributed by atoms with E-state index < -0.39 is 12.0 Å². The quantitative estimate of drug-likeness (QED) is 0.216. The number of nitrogens with zero attached hydrogens (tertiary/aromatic N) is 2. The molecule has 1 atom stereocenters. The van der Waals surface area contributed by atoms with Crippen molar-refractivity contribution in [2.75, 3.05) is 19.3 Å². The van der Waals surface area contributed by atoms with Gasteiger partial charge in [0.1, 0.15) is 0 Å². The Kier molecular flexibility index (Phi) is 9.31. The van der Waals surface area contributed by atoms with Crippen molar-refractivity contribution in [1.29, 1.82) is 0 Å². The first-order chi connectivity index (χ1) is 18.3. The number of likely N-dealkylation sites (tertiary alicyclic amines) is 1. The van der Waals surface area contributed by atoms with E-state index in [9.17, 15) is 19.5 Å². The molecule has 0 aliphatic carbocycles. The molecule has 198 valence electrons. The average molecular weight is 574 g/mol. The number of carboxylic acids is 1. The minimum Gasteiger partial charge on any atom is -0.339 e. The fourth-order valence-electron chi connectivity index (χ4n) is 4.39. The van der Waals surface area contributed by atoms with Crippen LogP contribution in [-0.2, 0) is 16.0 Å². The van der Waals surface area contributed by atoms with Gasteiger partial charge in [0.15, 0.2) is 6.04 Å². The first-order valence-corrected chi connectivity index (χ1v) is 14.1. The number of rotatable bonds is 8. The van der Waals surface area contributed by atoms with E-state index in [4.69, 9.17) is 23.2 Å². The molecule has 4 rings (SSSR count). The molecule has 1 aliphatic rings. The number of thioether (sulfide) groups is 1. The van der Waals surface area contributed by atoms with Gasteiger partial charge < -0.3 is 20.1 Å². The molecule has 7 nitrogen and oxygen atoms in total. The number of aliphatic hydroxyl groups excluding tert-OH is 1. The van der Waals surface area contributed by atoms with Gasteiger partial charge in [-0.2, -0.15) is 0 Å². The van der Waals surface area contributed by atoms with E-state index in [1.807, 2.05) is 48.7 Å². The summed E-state index contributed by atoms with van der Waals surface area (Å²) in [6, 6.07) is 14.0. The summed E-state index contributed by atoms with van der Waals surface area (Å²) in [5.41, 5.74) is 2.08. The summed E-state index contributed by atoms with van der Waals surface area (Å²) >= 11 is 14.1. The predicted molar refractivity (Wildman–Crippen MR) is 154 cm³/mol. The second kappa shape index (κ2) is 12.7. The van der Waals surface area contributed by atoms with Gasteiger partial charge in [-0.05, 0) is 48.9 Å². The second-order valence-corrected chi connectivity index (χ2v) is 10.6. The molecule has 1 fully saturated rings. The molecule has 2 aromatic carbocycles. The maximum absolute atomic E-state index is 12.9. The van der Waals surface area contributed by atoms with Gasteiger partial charge in [-0.3, -0.25) is 14.6 Å². The van der Waals surface area contributed by atoms with Crippen LogP contribution in [0, 0.1) is 5.92 Å². The number of carbonyl (C=O) groups excluding carboxylic acids is 2. The molecule has 0 unspecified atom stereocenters. The SMILES string of the molecule is CSc1ccc(/C=C/C(=O)N2CCC(C(=O)N[C@@H](Cc3ccc4ccccc4n3)C(O)=[OH+])CC2)c(Cl)c1Cl. The van der Waals surface area contributed by atoms with Gasteiger partial charge in [0.2, 0.25) is 11.8 Å². The van der Waals surface area contributed by atoms with Gasteiger partial charge in [-0.1, -0.05) is 53.5 Å².